The van der Waals surface area contributed by atoms with Gasteiger partial charge < -0.3 is 15.3 Å². The maximum Gasteiger partial charge on any atom is 3.00 e. The Balaban J connectivity index is 0. The molecule has 0 atom stereocenters. The maximum atomic E-state index is 8.25. The second-order valence-corrected chi connectivity index (χ2v) is 0.224. The van der Waals surface area contributed by atoms with Crippen LogP contribution in [-0.4, -0.2) is 5.09 Å². The van der Waals surface area contributed by atoms with Crippen molar-refractivity contribution in [1.29, 1.82) is 0 Å². The molecule has 5 heavy (non-hydrogen) atoms. The summed E-state index contributed by atoms with van der Waals surface area (Å²) in [5.74, 6) is 0. The average Bonchev–Trinajstić information content (AvgIpc) is 0.811. The van der Waals surface area contributed by atoms with Crippen LogP contribution >= 0.6 is 0 Å². The van der Waals surface area contributed by atoms with Crippen molar-refractivity contribution in [1.82, 2.24) is 0 Å². The zero-order chi connectivity index (χ0) is 3.58. The summed E-state index contributed by atoms with van der Waals surface area (Å²) in [7, 11) is 0. The van der Waals surface area contributed by atoms with E-state index in [4.69, 9.17) is 15.3 Å². The molecule has 0 bridgehead atoms. The van der Waals surface area contributed by atoms with Crippen LogP contribution in [0.5, 0.6) is 0 Å². The standard InChI is InChI=1S/Er.NO3/c;2-1(3)4/q+3;-1. The molecule has 0 rings (SSSR count). The van der Waals surface area contributed by atoms with E-state index >= 15 is 0 Å². The minimum Gasteiger partial charge on any atom is -0.356 e. The molecule has 4 nitrogen and oxygen atoms in total. The smallest absolute Gasteiger partial charge is 0.356 e. The zero-order valence-corrected chi connectivity index (χ0v) is 3.81. The SMILES string of the molecule is O=[N+]([O-])[O-].[Er+3]. The summed E-state index contributed by atoms with van der Waals surface area (Å²) >= 11 is 0. The molecule has 0 spiro atoms. The molecule has 0 saturated heterocycles. The molecule has 33 valence electrons. The molecular formula is ErNO3+2. The summed E-state index contributed by atoms with van der Waals surface area (Å²) in [4.78, 5) is 8.25. The Kier molecular flexibility index (Phi) is 8.06. The van der Waals surface area contributed by atoms with Crippen LogP contribution in [-0.2, 0) is 0 Å². The quantitative estimate of drug-likeness (QED) is 0.425. The van der Waals surface area contributed by atoms with Crippen molar-refractivity contribution in [3.05, 3.63) is 15.3 Å². The van der Waals surface area contributed by atoms with E-state index in [1.54, 1.807) is 0 Å². The molecule has 0 aliphatic rings. The molecule has 0 N–H and O–H groups in total. The molecule has 0 aromatic rings. The molecule has 1 radical (unpaired) electrons. The Hall–Kier alpha value is 0.447. The fraction of sp³-hybridized carbons (Fsp3) is 0. The van der Waals surface area contributed by atoms with Gasteiger partial charge >= 0.3 is 37.3 Å². The summed E-state index contributed by atoms with van der Waals surface area (Å²) in [5, 5.41) is 14.8. The third-order valence-corrected chi connectivity index (χ3v) is 0. The summed E-state index contributed by atoms with van der Waals surface area (Å²) in [6, 6.07) is 0. The molecule has 0 unspecified atom stereocenters. The van der Waals surface area contributed by atoms with Gasteiger partial charge in [0.2, 0.25) is 0 Å². The largest absolute Gasteiger partial charge is 3.00 e. The van der Waals surface area contributed by atoms with Crippen LogP contribution in [0.2, 0.25) is 0 Å². The van der Waals surface area contributed by atoms with Crippen LogP contribution in [0.4, 0.5) is 0 Å². The summed E-state index contributed by atoms with van der Waals surface area (Å²) in [6.07, 6.45) is 0. The van der Waals surface area contributed by atoms with Crippen molar-refractivity contribution >= 4 is 0 Å². The second-order valence-electron chi connectivity index (χ2n) is 0.224. The van der Waals surface area contributed by atoms with Gasteiger partial charge in [-0.05, 0) is 0 Å². The number of rotatable bonds is 0. The third-order valence-electron chi connectivity index (χ3n) is 0. The van der Waals surface area contributed by atoms with Gasteiger partial charge in [-0.3, -0.25) is 0 Å². The Morgan fingerprint density at radius 3 is 1.40 bits per heavy atom. The number of hydrogen-bond acceptors (Lipinski definition) is 3. The fourth-order valence-corrected chi connectivity index (χ4v) is 0. The van der Waals surface area contributed by atoms with Crippen LogP contribution in [0.25, 0.3) is 0 Å². The molecule has 0 aromatic carbocycles. The van der Waals surface area contributed by atoms with Crippen LogP contribution in [0, 0.1) is 52.6 Å². The molecule has 0 aliphatic heterocycles. The Morgan fingerprint density at radius 2 is 1.40 bits per heavy atom. The topological polar surface area (TPSA) is 66.2 Å². The summed E-state index contributed by atoms with van der Waals surface area (Å²) in [5.41, 5.74) is 0. The summed E-state index contributed by atoms with van der Waals surface area (Å²) in [6.45, 7) is 0. The first-order chi connectivity index (χ1) is 1.73. The predicted molar refractivity (Wildman–Crippen MR) is 10.4 cm³/mol. The van der Waals surface area contributed by atoms with Crippen LogP contribution in [0.1, 0.15) is 0 Å². The van der Waals surface area contributed by atoms with Crippen molar-refractivity contribution in [3.63, 3.8) is 0 Å². The van der Waals surface area contributed by atoms with E-state index in [1.807, 2.05) is 0 Å². The average molecular weight is 229 g/mol. The van der Waals surface area contributed by atoms with Gasteiger partial charge in [0.15, 0.2) is 0 Å². The van der Waals surface area contributed by atoms with E-state index < -0.39 is 5.09 Å². The van der Waals surface area contributed by atoms with Crippen LogP contribution < -0.4 is 0 Å². The maximum absolute atomic E-state index is 8.25. The van der Waals surface area contributed by atoms with E-state index in [2.05, 4.69) is 0 Å². The van der Waals surface area contributed by atoms with E-state index in [1.165, 1.54) is 0 Å². The molecule has 0 heterocycles. The molecule has 0 amide bonds. The minimum absolute atomic E-state index is 0. The van der Waals surface area contributed by atoms with E-state index in [9.17, 15) is 0 Å². The molecule has 0 saturated carbocycles. The van der Waals surface area contributed by atoms with Crippen molar-refractivity contribution in [2.45, 2.75) is 0 Å². The normalized spacial score (nSPS) is 4.80. The van der Waals surface area contributed by atoms with Gasteiger partial charge in [0.25, 0.3) is 0 Å². The number of nitrogens with zero attached hydrogens (tertiary/aromatic N) is 1. The van der Waals surface area contributed by atoms with E-state index in [0.717, 1.165) is 0 Å². The third kappa shape index (κ3) is 133. The van der Waals surface area contributed by atoms with Gasteiger partial charge in [0, 0.05) is 0 Å². The van der Waals surface area contributed by atoms with Gasteiger partial charge in [-0.15, -0.1) is 0 Å². The molecule has 0 aliphatic carbocycles. The van der Waals surface area contributed by atoms with E-state index in [0.29, 0.717) is 0 Å². The zero-order valence-electron chi connectivity index (χ0n) is 1.96. The molecule has 5 heteroatoms. The molecule has 0 aromatic heterocycles. The van der Waals surface area contributed by atoms with Crippen molar-refractivity contribution < 1.29 is 42.4 Å². The molecule has 0 fully saturated rings. The molecular weight excluding hydrogens is 229 g/mol. The first kappa shape index (κ1) is 9.07. The second kappa shape index (κ2) is 4.45. The van der Waals surface area contributed by atoms with Gasteiger partial charge in [-0.2, -0.15) is 0 Å². The fourth-order valence-electron chi connectivity index (χ4n) is 0. The Bertz CT molecular complexity index is 29.9. The predicted octanol–water partition coefficient (Wildman–Crippen LogP) is -0.239. The van der Waals surface area contributed by atoms with E-state index in [-0.39, 0.29) is 37.3 Å². The van der Waals surface area contributed by atoms with Crippen LogP contribution in [0.15, 0.2) is 0 Å². The van der Waals surface area contributed by atoms with Crippen LogP contribution in [0.3, 0.4) is 0 Å². The number of hydrogen-bond donors (Lipinski definition) is 0. The minimum atomic E-state index is -1.75. The Morgan fingerprint density at radius 1 is 1.40 bits per heavy atom. The van der Waals surface area contributed by atoms with Gasteiger partial charge in [0.1, 0.15) is 0 Å². The first-order valence-corrected chi connectivity index (χ1v) is 0.548. The van der Waals surface area contributed by atoms with Crippen molar-refractivity contribution in [3.8, 4) is 0 Å². The Labute approximate surface area is 57.5 Å². The first-order valence-electron chi connectivity index (χ1n) is 0.548. The van der Waals surface area contributed by atoms with Gasteiger partial charge in [-0.1, -0.05) is 0 Å². The van der Waals surface area contributed by atoms with Gasteiger partial charge in [-0.25, -0.2) is 0 Å². The van der Waals surface area contributed by atoms with Crippen molar-refractivity contribution in [2.24, 2.45) is 0 Å². The monoisotopic (exact) mass is 228 g/mol. The summed E-state index contributed by atoms with van der Waals surface area (Å²) < 4.78 is 0. The van der Waals surface area contributed by atoms with Gasteiger partial charge in [0.05, 0.1) is 5.09 Å². The van der Waals surface area contributed by atoms with Crippen molar-refractivity contribution in [2.75, 3.05) is 0 Å².